The lowest BCUT2D eigenvalue weighted by Gasteiger charge is -2.21. The number of hydrogen-bond acceptors (Lipinski definition) is 4. The van der Waals surface area contributed by atoms with Gasteiger partial charge in [0, 0.05) is 11.3 Å². The molecule has 2 aromatic rings. The van der Waals surface area contributed by atoms with E-state index in [0.717, 1.165) is 6.42 Å². The monoisotopic (exact) mass is 367 g/mol. The molecule has 1 aliphatic rings. The topological polar surface area (TPSA) is 96.5 Å². The van der Waals surface area contributed by atoms with Crippen molar-refractivity contribution in [3.8, 4) is 5.75 Å². The molecule has 0 unspecified atom stereocenters. The summed E-state index contributed by atoms with van der Waals surface area (Å²) in [4.78, 5) is 36.1. The average Bonchev–Trinajstić information content (AvgIpc) is 2.93. The van der Waals surface area contributed by atoms with Gasteiger partial charge in [0.2, 0.25) is 0 Å². The van der Waals surface area contributed by atoms with Gasteiger partial charge in [-0.1, -0.05) is 25.1 Å². The minimum atomic E-state index is -1.17. The standard InChI is InChI=1S/C20H21N3O4/c1-3-10-27-16-9-4-6-13(11-16)17(24)21-15-8-5-7-14(12-15)20(2)18(25)22-19(26)23-20/h4-9,11-12H,3,10H2,1-2H3,(H,21,24)(H2,22,23,25,26)/t20-/m1/s1. The highest BCUT2D eigenvalue weighted by Crippen LogP contribution is 2.26. The van der Waals surface area contributed by atoms with Gasteiger partial charge in [0.05, 0.1) is 6.61 Å². The summed E-state index contributed by atoms with van der Waals surface area (Å²) in [7, 11) is 0. The van der Waals surface area contributed by atoms with Gasteiger partial charge in [-0.3, -0.25) is 14.9 Å². The summed E-state index contributed by atoms with van der Waals surface area (Å²) in [6.07, 6.45) is 0.881. The Bertz CT molecular complexity index is 896. The minimum absolute atomic E-state index is 0.292. The number of nitrogens with one attached hydrogen (secondary N) is 3. The first kappa shape index (κ1) is 18.4. The molecular weight excluding hydrogens is 346 g/mol. The van der Waals surface area contributed by atoms with Crippen molar-refractivity contribution in [2.45, 2.75) is 25.8 Å². The van der Waals surface area contributed by atoms with E-state index in [-0.39, 0.29) is 5.91 Å². The van der Waals surface area contributed by atoms with Gasteiger partial charge in [-0.2, -0.15) is 0 Å². The third-order valence-electron chi connectivity index (χ3n) is 4.31. The highest BCUT2D eigenvalue weighted by atomic mass is 16.5. The van der Waals surface area contributed by atoms with Gasteiger partial charge < -0.3 is 15.4 Å². The van der Waals surface area contributed by atoms with Crippen molar-refractivity contribution >= 4 is 23.5 Å². The van der Waals surface area contributed by atoms with Crippen LogP contribution in [0.3, 0.4) is 0 Å². The Balaban J connectivity index is 1.78. The van der Waals surface area contributed by atoms with Gasteiger partial charge in [0.15, 0.2) is 0 Å². The Morgan fingerprint density at radius 2 is 1.93 bits per heavy atom. The van der Waals surface area contributed by atoms with Crippen LogP contribution in [0.1, 0.15) is 36.2 Å². The van der Waals surface area contributed by atoms with Crippen LogP contribution in [0, 0.1) is 0 Å². The first-order valence-corrected chi connectivity index (χ1v) is 8.71. The Morgan fingerprint density at radius 3 is 2.63 bits per heavy atom. The summed E-state index contributed by atoms with van der Waals surface area (Å²) < 4.78 is 5.55. The van der Waals surface area contributed by atoms with Crippen LogP contribution < -0.4 is 20.7 Å². The van der Waals surface area contributed by atoms with Crippen molar-refractivity contribution in [2.24, 2.45) is 0 Å². The summed E-state index contributed by atoms with van der Waals surface area (Å²) in [6, 6.07) is 13.2. The molecule has 1 fully saturated rings. The molecule has 140 valence electrons. The van der Waals surface area contributed by atoms with Crippen LogP contribution in [0.4, 0.5) is 10.5 Å². The largest absolute Gasteiger partial charge is 0.494 e. The maximum Gasteiger partial charge on any atom is 0.322 e. The van der Waals surface area contributed by atoms with Gasteiger partial charge >= 0.3 is 6.03 Å². The molecule has 27 heavy (non-hydrogen) atoms. The molecule has 0 bridgehead atoms. The molecule has 0 radical (unpaired) electrons. The zero-order valence-corrected chi connectivity index (χ0v) is 15.2. The number of carbonyl (C=O) groups excluding carboxylic acids is 3. The van der Waals surface area contributed by atoms with Crippen molar-refractivity contribution in [3.63, 3.8) is 0 Å². The fourth-order valence-corrected chi connectivity index (χ4v) is 2.80. The molecule has 4 amide bonds. The average molecular weight is 367 g/mol. The van der Waals surface area contributed by atoms with Gasteiger partial charge in [-0.15, -0.1) is 0 Å². The van der Waals surface area contributed by atoms with Crippen LogP contribution in [0.2, 0.25) is 0 Å². The quantitative estimate of drug-likeness (QED) is 0.684. The Morgan fingerprint density at radius 1 is 1.15 bits per heavy atom. The van der Waals surface area contributed by atoms with E-state index in [1.54, 1.807) is 55.5 Å². The number of imide groups is 1. The number of rotatable bonds is 6. The van der Waals surface area contributed by atoms with E-state index >= 15 is 0 Å². The smallest absolute Gasteiger partial charge is 0.322 e. The first-order valence-electron chi connectivity index (χ1n) is 8.71. The fourth-order valence-electron chi connectivity index (χ4n) is 2.80. The van der Waals surface area contributed by atoms with Gasteiger partial charge in [-0.25, -0.2) is 4.79 Å². The molecule has 0 spiro atoms. The third-order valence-corrected chi connectivity index (χ3v) is 4.31. The zero-order valence-electron chi connectivity index (χ0n) is 15.2. The van der Waals surface area contributed by atoms with E-state index in [9.17, 15) is 14.4 Å². The van der Waals surface area contributed by atoms with E-state index in [1.807, 2.05) is 6.92 Å². The maximum absolute atomic E-state index is 12.6. The number of ether oxygens (including phenoxy) is 1. The molecule has 7 heteroatoms. The molecule has 2 aromatic carbocycles. The summed E-state index contributed by atoms with van der Waals surface area (Å²) in [5.41, 5.74) is 0.384. The normalized spacial score (nSPS) is 18.6. The lowest BCUT2D eigenvalue weighted by atomic mass is 9.92. The fraction of sp³-hybridized carbons (Fsp3) is 0.250. The van der Waals surface area contributed by atoms with Crippen molar-refractivity contribution < 1.29 is 19.1 Å². The lowest BCUT2D eigenvalue weighted by molar-refractivity contribution is -0.123. The van der Waals surface area contributed by atoms with Crippen LogP contribution in [0.25, 0.3) is 0 Å². The highest BCUT2D eigenvalue weighted by molar-refractivity contribution is 6.07. The van der Waals surface area contributed by atoms with Crippen molar-refractivity contribution in [1.29, 1.82) is 0 Å². The molecule has 0 saturated carbocycles. The minimum Gasteiger partial charge on any atom is -0.494 e. The summed E-state index contributed by atoms with van der Waals surface area (Å²) in [5.74, 6) is -0.0907. The molecule has 7 nitrogen and oxygen atoms in total. The maximum atomic E-state index is 12.6. The molecular formula is C20H21N3O4. The number of benzene rings is 2. The van der Waals surface area contributed by atoms with Crippen LogP contribution in [0.5, 0.6) is 5.75 Å². The third kappa shape index (κ3) is 3.92. The van der Waals surface area contributed by atoms with Crippen molar-refractivity contribution in [2.75, 3.05) is 11.9 Å². The number of urea groups is 1. The number of hydrogen-bond donors (Lipinski definition) is 3. The predicted molar refractivity (Wildman–Crippen MR) is 101 cm³/mol. The van der Waals surface area contributed by atoms with E-state index in [2.05, 4.69) is 16.0 Å². The molecule has 3 N–H and O–H groups in total. The molecule has 3 rings (SSSR count). The predicted octanol–water partition coefficient (Wildman–Crippen LogP) is 2.78. The number of anilines is 1. The van der Waals surface area contributed by atoms with Crippen LogP contribution in [-0.2, 0) is 10.3 Å². The number of carbonyl (C=O) groups is 3. The summed E-state index contributed by atoms with van der Waals surface area (Å²) in [5, 5.41) is 7.64. The van der Waals surface area contributed by atoms with E-state index in [4.69, 9.17) is 4.74 Å². The van der Waals surface area contributed by atoms with Crippen molar-refractivity contribution in [1.82, 2.24) is 10.6 Å². The van der Waals surface area contributed by atoms with Gasteiger partial charge in [0.25, 0.3) is 11.8 Å². The molecule has 0 aromatic heterocycles. The second-order valence-electron chi connectivity index (χ2n) is 6.44. The Kier molecular flexibility index (Phi) is 5.12. The molecule has 1 aliphatic heterocycles. The number of amides is 4. The highest BCUT2D eigenvalue weighted by Gasteiger charge is 2.43. The van der Waals surface area contributed by atoms with E-state index in [1.165, 1.54) is 0 Å². The van der Waals surface area contributed by atoms with Gasteiger partial charge in [0.1, 0.15) is 11.3 Å². The second-order valence-corrected chi connectivity index (χ2v) is 6.44. The van der Waals surface area contributed by atoms with Crippen LogP contribution in [-0.4, -0.2) is 24.5 Å². The lowest BCUT2D eigenvalue weighted by Crippen LogP contribution is -2.40. The van der Waals surface area contributed by atoms with Crippen LogP contribution in [0.15, 0.2) is 48.5 Å². The molecule has 0 aliphatic carbocycles. The molecule has 1 heterocycles. The Labute approximate surface area is 157 Å². The van der Waals surface area contributed by atoms with E-state index in [0.29, 0.717) is 29.2 Å². The SMILES string of the molecule is CCCOc1cccc(C(=O)Nc2cccc([C@@]3(C)NC(=O)NC3=O)c2)c1. The molecule has 1 atom stereocenters. The van der Waals surface area contributed by atoms with Crippen LogP contribution >= 0.6 is 0 Å². The van der Waals surface area contributed by atoms with Gasteiger partial charge in [-0.05, 0) is 49.2 Å². The van der Waals surface area contributed by atoms with E-state index < -0.39 is 17.5 Å². The first-order chi connectivity index (χ1) is 12.9. The summed E-state index contributed by atoms with van der Waals surface area (Å²) in [6.45, 7) is 4.21. The zero-order chi connectivity index (χ0) is 19.4. The Hall–Kier alpha value is -3.35. The molecule has 1 saturated heterocycles. The second kappa shape index (κ2) is 7.49. The van der Waals surface area contributed by atoms with Crippen molar-refractivity contribution in [3.05, 3.63) is 59.7 Å². The summed E-state index contributed by atoms with van der Waals surface area (Å²) >= 11 is 0.